The van der Waals surface area contributed by atoms with Gasteiger partial charge in [0, 0.05) is 74.5 Å². The molecule has 3 heterocycles. The van der Waals surface area contributed by atoms with E-state index in [1.54, 1.807) is 0 Å². The summed E-state index contributed by atoms with van der Waals surface area (Å²) < 4.78 is 5.21. The first-order chi connectivity index (χ1) is 32.2. The maximum Gasteiger partial charge on any atom is 0.184 e. The minimum absolute atomic E-state index is 1.12. The van der Waals surface area contributed by atoms with Crippen molar-refractivity contribution in [2.45, 2.75) is 0 Å². The van der Waals surface area contributed by atoms with Crippen molar-refractivity contribution in [1.29, 1.82) is 0 Å². The van der Waals surface area contributed by atoms with Crippen LogP contribution in [0.15, 0.2) is 243 Å². The first-order valence-corrected chi connectivity index (χ1v) is 25.8. The van der Waals surface area contributed by atoms with E-state index in [4.69, 9.17) is 0 Å². The van der Waals surface area contributed by atoms with Crippen LogP contribution in [0.4, 0.5) is 34.1 Å². The molecule has 0 aliphatic carbocycles. The largest absolute Gasteiger partial charge is 0.311 e. The van der Waals surface area contributed by atoms with Gasteiger partial charge in [-0.25, -0.2) is 0 Å². The Bertz CT molecular complexity index is 3580. The van der Waals surface area contributed by atoms with Gasteiger partial charge >= 0.3 is 0 Å². The van der Waals surface area contributed by atoms with Crippen molar-refractivity contribution in [1.82, 2.24) is 0 Å². The molecule has 0 saturated heterocycles. The lowest BCUT2D eigenvalue weighted by atomic mass is 10.0. The second kappa shape index (κ2) is 15.3. The topological polar surface area (TPSA) is 6.48 Å². The minimum Gasteiger partial charge on any atom is -0.311 e. The Morgan fingerprint density at radius 3 is 1.38 bits per heavy atom. The van der Waals surface area contributed by atoms with E-state index in [1.165, 1.54) is 83.6 Å². The highest BCUT2D eigenvalue weighted by Gasteiger charge is 2.48. The normalized spacial score (nSPS) is 13.0. The van der Waals surface area contributed by atoms with Gasteiger partial charge < -0.3 is 9.80 Å². The molecule has 0 saturated carbocycles. The number of anilines is 6. The van der Waals surface area contributed by atoms with Crippen molar-refractivity contribution < 1.29 is 0 Å². The molecular weight excluding hydrogens is 841 g/mol. The molecule has 0 fully saturated rings. The molecule has 13 rings (SSSR count). The zero-order chi connectivity index (χ0) is 42.9. The summed E-state index contributed by atoms with van der Waals surface area (Å²) in [5.41, 5.74) is 9.38. The third-order valence-corrected chi connectivity index (χ3v) is 20.4. The standard InChI is InChI=1S/C60H40N2S2Si/c1-4-16-43(17-5-1)62-53-24-12-15-27-59(53)65(47-18-6-2-7-19-47,48-20-8-3-9-21-48)60-37-30-42(38-54(60)62)41-28-31-44(32-29-41)61(45-33-35-51-49-22-10-13-25-55(49)63-57(51)39-45)46-34-36-52-50-23-11-14-26-56(50)64-58(52)40-46/h1-40H. The Balaban J connectivity index is 0.979. The van der Waals surface area contributed by atoms with Crippen molar-refractivity contribution in [2.75, 3.05) is 9.80 Å². The second-order valence-corrected chi connectivity index (χ2v) is 22.7. The van der Waals surface area contributed by atoms with E-state index in [0.717, 1.165) is 22.7 Å². The quantitative estimate of drug-likeness (QED) is 0.147. The first-order valence-electron chi connectivity index (χ1n) is 22.2. The van der Waals surface area contributed by atoms with Gasteiger partial charge in [-0.05, 0) is 105 Å². The fourth-order valence-electron chi connectivity index (χ4n) is 10.5. The highest BCUT2D eigenvalue weighted by molar-refractivity contribution is 7.26. The van der Waals surface area contributed by atoms with E-state index >= 15 is 0 Å². The number of rotatable bonds is 7. The van der Waals surface area contributed by atoms with Crippen LogP contribution in [0.1, 0.15) is 0 Å². The summed E-state index contributed by atoms with van der Waals surface area (Å²) in [6.45, 7) is 0. The molecule has 0 spiro atoms. The van der Waals surface area contributed by atoms with E-state index in [9.17, 15) is 0 Å². The maximum atomic E-state index is 2.50. The lowest BCUT2D eigenvalue weighted by molar-refractivity contribution is 1.29. The molecule has 1 aliphatic rings. The van der Waals surface area contributed by atoms with Crippen molar-refractivity contribution in [3.8, 4) is 11.1 Å². The number of nitrogens with zero attached hydrogens (tertiary/aromatic N) is 2. The number of benzene rings is 10. The number of hydrogen-bond donors (Lipinski definition) is 0. The van der Waals surface area contributed by atoms with Crippen molar-refractivity contribution >= 4 is 126 Å². The Kier molecular flexibility index (Phi) is 8.95. The van der Waals surface area contributed by atoms with Gasteiger partial charge in [0.25, 0.3) is 0 Å². The molecule has 0 amide bonds. The third-order valence-electron chi connectivity index (χ3n) is 13.3. The van der Waals surface area contributed by atoms with Gasteiger partial charge in [0.2, 0.25) is 0 Å². The molecule has 0 radical (unpaired) electrons. The molecule has 0 unspecified atom stereocenters. The summed E-state index contributed by atoms with van der Waals surface area (Å²) in [5.74, 6) is 0. The van der Waals surface area contributed by atoms with Gasteiger partial charge in [0.15, 0.2) is 8.07 Å². The molecule has 0 bridgehead atoms. The fraction of sp³-hybridized carbons (Fsp3) is 0. The summed E-state index contributed by atoms with van der Waals surface area (Å²) in [6.07, 6.45) is 0. The molecule has 12 aromatic rings. The Labute approximate surface area is 387 Å². The van der Waals surface area contributed by atoms with Gasteiger partial charge in [-0.2, -0.15) is 0 Å². The van der Waals surface area contributed by atoms with E-state index in [-0.39, 0.29) is 0 Å². The Morgan fingerprint density at radius 1 is 0.323 bits per heavy atom. The van der Waals surface area contributed by atoms with Gasteiger partial charge in [0.1, 0.15) is 0 Å². The monoisotopic (exact) mass is 880 g/mol. The SMILES string of the molecule is c1ccc(N2c3ccccc3[Si](c3ccccc3)(c3ccccc3)c3ccc(-c4ccc(N(c5ccc6c(c5)sc5ccccc56)c5ccc6c(c5)sc5ccccc56)cc4)cc32)cc1. The number of thiophene rings is 2. The molecule has 5 heteroatoms. The van der Waals surface area contributed by atoms with Gasteiger partial charge in [0.05, 0.1) is 0 Å². The lowest BCUT2D eigenvalue weighted by Gasteiger charge is -2.45. The molecular formula is C60H40N2S2Si. The van der Waals surface area contributed by atoms with Crippen LogP contribution >= 0.6 is 22.7 Å². The molecule has 0 N–H and O–H groups in total. The number of para-hydroxylation sites is 2. The van der Waals surface area contributed by atoms with Gasteiger partial charge in [-0.15, -0.1) is 22.7 Å². The third kappa shape index (κ3) is 6.04. The molecule has 2 aromatic heterocycles. The molecule has 2 nitrogen and oxygen atoms in total. The smallest absolute Gasteiger partial charge is 0.184 e. The van der Waals surface area contributed by atoms with Gasteiger partial charge in [-0.1, -0.05) is 170 Å². The van der Waals surface area contributed by atoms with Crippen LogP contribution in [0.25, 0.3) is 51.5 Å². The summed E-state index contributed by atoms with van der Waals surface area (Å²) >= 11 is 3.73. The summed E-state index contributed by atoms with van der Waals surface area (Å²) in [7, 11) is -2.78. The fourth-order valence-corrected chi connectivity index (χ4v) is 17.8. The number of fused-ring (bicyclic) bond motifs is 8. The van der Waals surface area contributed by atoms with Crippen LogP contribution in [0.2, 0.25) is 0 Å². The zero-order valence-corrected chi connectivity index (χ0v) is 37.9. The predicted octanol–water partition coefficient (Wildman–Crippen LogP) is 14.7. The Hall–Kier alpha value is -7.54. The van der Waals surface area contributed by atoms with Crippen LogP contribution < -0.4 is 30.5 Å². The molecule has 10 aromatic carbocycles. The number of hydrogen-bond acceptors (Lipinski definition) is 4. The highest BCUT2D eigenvalue weighted by Crippen LogP contribution is 2.45. The average Bonchev–Trinajstić information content (AvgIpc) is 3.94. The molecule has 0 atom stereocenters. The van der Waals surface area contributed by atoms with Crippen LogP contribution in [-0.4, -0.2) is 8.07 Å². The molecule has 306 valence electrons. The van der Waals surface area contributed by atoms with Crippen molar-refractivity contribution in [3.05, 3.63) is 243 Å². The highest BCUT2D eigenvalue weighted by atomic mass is 32.1. The Morgan fingerprint density at radius 2 is 0.785 bits per heavy atom. The van der Waals surface area contributed by atoms with E-state index in [1.807, 2.05) is 22.7 Å². The van der Waals surface area contributed by atoms with E-state index in [2.05, 4.69) is 252 Å². The van der Waals surface area contributed by atoms with Crippen molar-refractivity contribution in [2.24, 2.45) is 0 Å². The molecule has 1 aliphatic heterocycles. The van der Waals surface area contributed by atoms with E-state index in [0.29, 0.717) is 0 Å². The lowest BCUT2D eigenvalue weighted by Crippen LogP contribution is -2.77. The first kappa shape index (κ1) is 38.0. The molecule has 65 heavy (non-hydrogen) atoms. The average molecular weight is 881 g/mol. The predicted molar refractivity (Wildman–Crippen MR) is 284 cm³/mol. The van der Waals surface area contributed by atoms with Crippen LogP contribution in [0, 0.1) is 0 Å². The van der Waals surface area contributed by atoms with Crippen LogP contribution in [0.5, 0.6) is 0 Å². The minimum atomic E-state index is -2.78. The maximum absolute atomic E-state index is 2.78. The van der Waals surface area contributed by atoms with E-state index < -0.39 is 8.07 Å². The summed E-state index contributed by atoms with van der Waals surface area (Å²) in [6, 6.07) is 90.5. The van der Waals surface area contributed by atoms with Crippen LogP contribution in [0.3, 0.4) is 0 Å². The zero-order valence-electron chi connectivity index (χ0n) is 35.3. The second-order valence-electron chi connectivity index (χ2n) is 16.8. The van der Waals surface area contributed by atoms with Crippen molar-refractivity contribution in [3.63, 3.8) is 0 Å². The van der Waals surface area contributed by atoms with Crippen LogP contribution in [-0.2, 0) is 0 Å². The van der Waals surface area contributed by atoms with Gasteiger partial charge in [-0.3, -0.25) is 0 Å². The summed E-state index contributed by atoms with van der Waals surface area (Å²) in [5, 5.41) is 10.8. The summed E-state index contributed by atoms with van der Waals surface area (Å²) in [4.78, 5) is 4.92.